The Hall–Kier alpha value is -1.06. The molecule has 1 unspecified atom stereocenters. The summed E-state index contributed by atoms with van der Waals surface area (Å²) >= 11 is 0. The molecule has 0 saturated heterocycles. The molecule has 1 fully saturated rings. The van der Waals surface area contributed by atoms with Gasteiger partial charge in [0.1, 0.15) is 5.54 Å². The summed E-state index contributed by atoms with van der Waals surface area (Å²) in [7, 11) is 1.39. The Morgan fingerprint density at radius 3 is 2.39 bits per heavy atom. The fourth-order valence-electron chi connectivity index (χ4n) is 2.65. The summed E-state index contributed by atoms with van der Waals surface area (Å²) in [5.74, 6) is -0.359. The summed E-state index contributed by atoms with van der Waals surface area (Å²) in [5, 5.41) is 2.95. The summed E-state index contributed by atoms with van der Waals surface area (Å²) in [5.41, 5.74) is -0.772. The van der Waals surface area contributed by atoms with E-state index in [4.69, 9.17) is 4.74 Å². The molecule has 0 aromatic rings. The quantitative estimate of drug-likeness (QED) is 0.768. The second-order valence-electron chi connectivity index (χ2n) is 5.31. The van der Waals surface area contributed by atoms with Crippen molar-refractivity contribution in [3.63, 3.8) is 0 Å². The number of hydrogen-bond donors (Lipinski definition) is 1. The van der Waals surface area contributed by atoms with Crippen LogP contribution >= 0.6 is 0 Å². The van der Waals surface area contributed by atoms with Gasteiger partial charge in [-0.1, -0.05) is 39.5 Å². The van der Waals surface area contributed by atoms with Crippen LogP contribution in [0.2, 0.25) is 0 Å². The lowest BCUT2D eigenvalue weighted by Gasteiger charge is -2.36. The van der Waals surface area contributed by atoms with Crippen LogP contribution in [0.4, 0.5) is 0 Å². The molecule has 0 radical (unpaired) electrons. The SMILES string of the molecule is CCCC(C)C(=O)NC1(C(=O)OC)CCCCC1. The summed E-state index contributed by atoms with van der Waals surface area (Å²) in [4.78, 5) is 24.1. The molecule has 0 spiro atoms. The van der Waals surface area contributed by atoms with Gasteiger partial charge < -0.3 is 10.1 Å². The summed E-state index contributed by atoms with van der Waals surface area (Å²) in [6, 6.07) is 0. The van der Waals surface area contributed by atoms with Gasteiger partial charge in [-0.15, -0.1) is 0 Å². The second-order valence-corrected chi connectivity index (χ2v) is 5.31. The maximum atomic E-state index is 12.1. The molecule has 4 heteroatoms. The molecule has 0 bridgehead atoms. The molecule has 0 aliphatic heterocycles. The second kappa shape index (κ2) is 6.76. The molecule has 1 atom stereocenters. The zero-order valence-electron chi connectivity index (χ0n) is 11.8. The van der Waals surface area contributed by atoms with Gasteiger partial charge in [-0.3, -0.25) is 4.79 Å². The highest BCUT2D eigenvalue weighted by Crippen LogP contribution is 2.29. The van der Waals surface area contributed by atoms with Gasteiger partial charge in [0.25, 0.3) is 0 Å². The van der Waals surface area contributed by atoms with E-state index in [2.05, 4.69) is 12.2 Å². The number of carbonyl (C=O) groups is 2. The van der Waals surface area contributed by atoms with Gasteiger partial charge in [0, 0.05) is 5.92 Å². The minimum Gasteiger partial charge on any atom is -0.467 e. The zero-order chi connectivity index (χ0) is 13.6. The van der Waals surface area contributed by atoms with Gasteiger partial charge >= 0.3 is 5.97 Å². The molecule has 1 N–H and O–H groups in total. The molecule has 4 nitrogen and oxygen atoms in total. The first-order valence-corrected chi connectivity index (χ1v) is 6.96. The van der Waals surface area contributed by atoms with Gasteiger partial charge in [-0.05, 0) is 19.3 Å². The number of amides is 1. The molecule has 1 rings (SSSR count). The van der Waals surface area contributed by atoms with E-state index in [9.17, 15) is 9.59 Å². The van der Waals surface area contributed by atoms with Crippen LogP contribution in [0.1, 0.15) is 58.8 Å². The van der Waals surface area contributed by atoms with Gasteiger partial charge in [0.15, 0.2) is 0 Å². The predicted molar refractivity (Wildman–Crippen MR) is 70.0 cm³/mol. The molecule has 1 amide bonds. The highest BCUT2D eigenvalue weighted by Gasteiger charge is 2.42. The van der Waals surface area contributed by atoms with Crippen molar-refractivity contribution in [2.24, 2.45) is 5.92 Å². The van der Waals surface area contributed by atoms with Crippen LogP contribution < -0.4 is 5.32 Å². The summed E-state index contributed by atoms with van der Waals surface area (Å²) in [6.07, 6.45) is 6.28. The Morgan fingerprint density at radius 2 is 1.89 bits per heavy atom. The van der Waals surface area contributed by atoms with E-state index in [0.29, 0.717) is 12.8 Å². The minimum absolute atomic E-state index is 0.0239. The third-order valence-electron chi connectivity index (χ3n) is 3.81. The lowest BCUT2D eigenvalue weighted by Crippen LogP contribution is -2.57. The third kappa shape index (κ3) is 3.47. The van der Waals surface area contributed by atoms with Gasteiger partial charge in [-0.25, -0.2) is 4.79 Å². The van der Waals surface area contributed by atoms with Crippen molar-refractivity contribution >= 4 is 11.9 Å². The van der Waals surface area contributed by atoms with E-state index < -0.39 is 5.54 Å². The molecule has 1 saturated carbocycles. The first kappa shape index (κ1) is 15.0. The third-order valence-corrected chi connectivity index (χ3v) is 3.81. The molecule has 0 aromatic carbocycles. The molecular formula is C14H25NO3. The highest BCUT2D eigenvalue weighted by molar-refractivity contribution is 5.89. The Labute approximate surface area is 109 Å². The summed E-state index contributed by atoms with van der Waals surface area (Å²) < 4.78 is 4.88. The Kier molecular flexibility index (Phi) is 5.63. The van der Waals surface area contributed by atoms with Crippen LogP contribution in [0.25, 0.3) is 0 Å². The van der Waals surface area contributed by atoms with E-state index in [1.54, 1.807) is 0 Å². The van der Waals surface area contributed by atoms with Crippen LogP contribution in [0.3, 0.4) is 0 Å². The number of rotatable bonds is 5. The van der Waals surface area contributed by atoms with E-state index >= 15 is 0 Å². The van der Waals surface area contributed by atoms with Crippen molar-refractivity contribution in [2.75, 3.05) is 7.11 Å². The normalized spacial score (nSPS) is 19.9. The Balaban J connectivity index is 2.72. The monoisotopic (exact) mass is 255 g/mol. The van der Waals surface area contributed by atoms with E-state index in [1.165, 1.54) is 7.11 Å². The molecule has 104 valence electrons. The Morgan fingerprint density at radius 1 is 1.28 bits per heavy atom. The molecule has 18 heavy (non-hydrogen) atoms. The largest absolute Gasteiger partial charge is 0.467 e. The highest BCUT2D eigenvalue weighted by atomic mass is 16.5. The lowest BCUT2D eigenvalue weighted by molar-refractivity contribution is -0.153. The molecule has 0 aromatic heterocycles. The predicted octanol–water partition coefficient (Wildman–Crippen LogP) is 2.41. The van der Waals surface area contributed by atoms with Crippen molar-refractivity contribution in [3.05, 3.63) is 0 Å². The van der Waals surface area contributed by atoms with Crippen LogP contribution in [0, 0.1) is 5.92 Å². The van der Waals surface area contributed by atoms with E-state index in [1.807, 2.05) is 6.92 Å². The number of esters is 1. The number of hydrogen-bond acceptors (Lipinski definition) is 3. The average molecular weight is 255 g/mol. The number of methoxy groups -OCH3 is 1. The van der Waals surface area contributed by atoms with Crippen molar-refractivity contribution in [3.8, 4) is 0 Å². The zero-order valence-corrected chi connectivity index (χ0v) is 11.8. The van der Waals surface area contributed by atoms with E-state index in [-0.39, 0.29) is 17.8 Å². The number of nitrogens with one attached hydrogen (secondary N) is 1. The van der Waals surface area contributed by atoms with Crippen molar-refractivity contribution in [1.29, 1.82) is 0 Å². The fourth-order valence-corrected chi connectivity index (χ4v) is 2.65. The maximum absolute atomic E-state index is 12.1. The lowest BCUT2D eigenvalue weighted by atomic mass is 9.81. The smallest absolute Gasteiger partial charge is 0.331 e. The minimum atomic E-state index is -0.772. The number of ether oxygens (including phenoxy) is 1. The topological polar surface area (TPSA) is 55.4 Å². The van der Waals surface area contributed by atoms with Crippen LogP contribution in [0.5, 0.6) is 0 Å². The first-order chi connectivity index (χ1) is 8.55. The van der Waals surface area contributed by atoms with Crippen molar-refractivity contribution in [2.45, 2.75) is 64.3 Å². The standard InChI is InChI=1S/C14H25NO3/c1-4-8-11(2)12(16)15-14(13(17)18-3)9-6-5-7-10-14/h11H,4-10H2,1-3H3,(H,15,16). The van der Waals surface area contributed by atoms with Crippen molar-refractivity contribution < 1.29 is 14.3 Å². The fraction of sp³-hybridized carbons (Fsp3) is 0.857. The van der Waals surface area contributed by atoms with E-state index in [0.717, 1.165) is 32.1 Å². The first-order valence-electron chi connectivity index (χ1n) is 6.96. The van der Waals surface area contributed by atoms with Gasteiger partial charge in [0.2, 0.25) is 5.91 Å². The van der Waals surface area contributed by atoms with Crippen molar-refractivity contribution in [1.82, 2.24) is 5.32 Å². The van der Waals surface area contributed by atoms with Gasteiger partial charge in [0.05, 0.1) is 7.11 Å². The Bertz CT molecular complexity index is 295. The average Bonchev–Trinajstić information content (AvgIpc) is 2.39. The molecule has 0 heterocycles. The molecular weight excluding hydrogens is 230 g/mol. The number of carbonyl (C=O) groups excluding carboxylic acids is 2. The maximum Gasteiger partial charge on any atom is 0.331 e. The van der Waals surface area contributed by atoms with Gasteiger partial charge in [-0.2, -0.15) is 0 Å². The van der Waals surface area contributed by atoms with Crippen LogP contribution in [0.15, 0.2) is 0 Å². The molecule has 1 aliphatic rings. The van der Waals surface area contributed by atoms with Crippen LogP contribution in [-0.2, 0) is 14.3 Å². The summed E-state index contributed by atoms with van der Waals surface area (Å²) in [6.45, 7) is 3.97. The van der Waals surface area contributed by atoms with Crippen LogP contribution in [-0.4, -0.2) is 24.5 Å². The molecule has 1 aliphatic carbocycles.